The molecule has 3 aliphatic rings. The van der Waals surface area contributed by atoms with Crippen molar-refractivity contribution in [2.75, 3.05) is 0 Å². The third kappa shape index (κ3) is 4.47. The van der Waals surface area contributed by atoms with Crippen LogP contribution in [0.4, 0.5) is 0 Å². The maximum absolute atomic E-state index is 5.63. The minimum atomic E-state index is -0.510. The lowest BCUT2D eigenvalue weighted by Gasteiger charge is -2.47. The van der Waals surface area contributed by atoms with Crippen LogP contribution in [0.15, 0.2) is 157 Å². The summed E-state index contributed by atoms with van der Waals surface area (Å²) < 4.78 is 0. The van der Waals surface area contributed by atoms with Gasteiger partial charge >= 0.3 is 0 Å². The van der Waals surface area contributed by atoms with E-state index in [1.165, 1.54) is 27.8 Å². The van der Waals surface area contributed by atoms with Crippen LogP contribution in [0.1, 0.15) is 48.6 Å². The van der Waals surface area contributed by atoms with Gasteiger partial charge in [-0.3, -0.25) is 0 Å². The van der Waals surface area contributed by atoms with E-state index in [0.717, 1.165) is 59.6 Å². The van der Waals surface area contributed by atoms with Crippen LogP contribution in [0.25, 0.3) is 33.8 Å². The number of rotatable bonds is 6. The Morgan fingerprint density at radius 2 is 1.44 bits per heavy atom. The third-order valence-corrected chi connectivity index (χ3v) is 9.97. The second-order valence-electron chi connectivity index (χ2n) is 12.7. The average molecular weight is 581 g/mol. The van der Waals surface area contributed by atoms with Crippen molar-refractivity contribution in [3.8, 4) is 33.8 Å². The summed E-state index contributed by atoms with van der Waals surface area (Å²) in [6.45, 7) is 2.40. The standard InChI is InChI=1S/C43H36N2/c1-42(28-14-5-15-29-42)43(35-20-10-4-11-21-35)37-23-13-12-22-36(37)38-39(33-18-8-3-9-19-33)44-41(45-40(38)43)34-26-24-32(25-27-34)30-31-16-6-2-7-17-31/h2-6,8-16,18-28H,7,17,29-30H2,1H3. The first-order valence-electron chi connectivity index (χ1n) is 16.1. The Balaban J connectivity index is 1.40. The summed E-state index contributed by atoms with van der Waals surface area (Å²) in [6, 6.07) is 39.5. The molecule has 45 heavy (non-hydrogen) atoms. The van der Waals surface area contributed by atoms with Crippen LogP contribution in [0.2, 0.25) is 0 Å². The first-order valence-corrected chi connectivity index (χ1v) is 16.1. The summed E-state index contributed by atoms with van der Waals surface area (Å²) in [5, 5.41) is 0. The Morgan fingerprint density at radius 1 is 0.689 bits per heavy atom. The van der Waals surface area contributed by atoms with E-state index >= 15 is 0 Å². The second kappa shape index (κ2) is 11.1. The predicted molar refractivity (Wildman–Crippen MR) is 186 cm³/mol. The van der Waals surface area contributed by atoms with Crippen molar-refractivity contribution in [2.45, 2.75) is 38.0 Å². The molecule has 5 aromatic rings. The molecule has 2 nitrogen and oxygen atoms in total. The van der Waals surface area contributed by atoms with Crippen molar-refractivity contribution in [3.63, 3.8) is 0 Å². The number of hydrogen-bond acceptors (Lipinski definition) is 2. The molecule has 0 bridgehead atoms. The zero-order valence-electron chi connectivity index (χ0n) is 25.7. The Kier molecular flexibility index (Phi) is 6.79. The molecule has 0 spiro atoms. The summed E-state index contributed by atoms with van der Waals surface area (Å²) in [5.41, 5.74) is 11.2. The van der Waals surface area contributed by atoms with Crippen LogP contribution in [0, 0.1) is 5.41 Å². The van der Waals surface area contributed by atoms with Gasteiger partial charge in [0.05, 0.1) is 16.8 Å². The van der Waals surface area contributed by atoms with Crippen molar-refractivity contribution >= 4 is 0 Å². The number of hydrogen-bond donors (Lipinski definition) is 0. The monoisotopic (exact) mass is 580 g/mol. The molecule has 3 aliphatic carbocycles. The molecule has 218 valence electrons. The molecule has 0 aliphatic heterocycles. The largest absolute Gasteiger partial charge is 0.231 e. The van der Waals surface area contributed by atoms with Gasteiger partial charge in [-0.1, -0.05) is 164 Å². The van der Waals surface area contributed by atoms with Crippen LogP contribution >= 0.6 is 0 Å². The molecule has 1 heterocycles. The van der Waals surface area contributed by atoms with E-state index in [1.54, 1.807) is 0 Å². The molecule has 2 heteroatoms. The van der Waals surface area contributed by atoms with Crippen LogP contribution in [-0.4, -0.2) is 9.97 Å². The van der Waals surface area contributed by atoms with E-state index in [1.807, 2.05) is 0 Å². The third-order valence-electron chi connectivity index (χ3n) is 9.97. The van der Waals surface area contributed by atoms with E-state index in [2.05, 4.69) is 159 Å². The molecule has 0 radical (unpaired) electrons. The fourth-order valence-electron chi connectivity index (χ4n) is 7.80. The topological polar surface area (TPSA) is 25.8 Å². The van der Waals surface area contributed by atoms with Gasteiger partial charge in [0.15, 0.2) is 5.82 Å². The fourth-order valence-corrected chi connectivity index (χ4v) is 7.80. The van der Waals surface area contributed by atoms with Crippen molar-refractivity contribution in [1.29, 1.82) is 0 Å². The molecule has 4 aromatic carbocycles. The van der Waals surface area contributed by atoms with Crippen molar-refractivity contribution in [2.24, 2.45) is 5.41 Å². The highest BCUT2D eigenvalue weighted by molar-refractivity contribution is 5.92. The Bertz CT molecular complexity index is 2000. The van der Waals surface area contributed by atoms with Crippen molar-refractivity contribution < 1.29 is 0 Å². The number of allylic oxidation sites excluding steroid dienone is 8. The number of fused-ring (bicyclic) bond motifs is 3. The summed E-state index contributed by atoms with van der Waals surface area (Å²) in [7, 11) is 0. The molecule has 2 atom stereocenters. The van der Waals surface area contributed by atoms with Gasteiger partial charge in [-0.25, -0.2) is 9.97 Å². The Hall–Kier alpha value is -5.08. The molecular formula is C43H36N2. The highest BCUT2D eigenvalue weighted by Gasteiger charge is 2.57. The predicted octanol–water partition coefficient (Wildman–Crippen LogP) is 10.5. The van der Waals surface area contributed by atoms with E-state index in [0.29, 0.717) is 0 Å². The van der Waals surface area contributed by atoms with Crippen LogP contribution in [-0.2, 0) is 11.8 Å². The van der Waals surface area contributed by atoms with E-state index in [4.69, 9.17) is 9.97 Å². The van der Waals surface area contributed by atoms with Crippen LogP contribution < -0.4 is 0 Å². The van der Waals surface area contributed by atoms with E-state index in [9.17, 15) is 0 Å². The molecular weight excluding hydrogens is 544 g/mol. The number of nitrogens with zero attached hydrogens (tertiary/aromatic N) is 2. The maximum atomic E-state index is 5.63. The SMILES string of the molecule is CC1(C2(c3ccccc3)c3ccccc3-c3c(-c4ccccc4)nc(-c4ccc(CC5=CC=CCC5)cc4)nc32)C=CC=CC1. The molecule has 2 unspecified atom stereocenters. The van der Waals surface area contributed by atoms with Gasteiger partial charge < -0.3 is 0 Å². The fraction of sp³-hybridized carbons (Fsp3) is 0.163. The minimum Gasteiger partial charge on any atom is -0.231 e. The summed E-state index contributed by atoms with van der Waals surface area (Å²) in [5.74, 6) is 0.769. The molecule has 1 aromatic heterocycles. The lowest BCUT2D eigenvalue weighted by molar-refractivity contribution is 0.287. The van der Waals surface area contributed by atoms with Gasteiger partial charge in [-0.05, 0) is 47.9 Å². The van der Waals surface area contributed by atoms with Crippen LogP contribution in [0.5, 0.6) is 0 Å². The molecule has 0 amide bonds. The molecule has 0 N–H and O–H groups in total. The highest BCUT2D eigenvalue weighted by atomic mass is 14.9. The van der Waals surface area contributed by atoms with Gasteiger partial charge in [0.25, 0.3) is 0 Å². The van der Waals surface area contributed by atoms with Gasteiger partial charge in [-0.2, -0.15) is 0 Å². The number of aromatic nitrogens is 2. The first kappa shape index (κ1) is 27.5. The quantitative estimate of drug-likeness (QED) is 0.200. The van der Waals surface area contributed by atoms with Crippen molar-refractivity contribution in [1.82, 2.24) is 9.97 Å². The van der Waals surface area contributed by atoms with Gasteiger partial charge in [0, 0.05) is 22.1 Å². The minimum absolute atomic E-state index is 0.254. The summed E-state index contributed by atoms with van der Waals surface area (Å²) in [4.78, 5) is 11.0. The zero-order chi connectivity index (χ0) is 30.3. The second-order valence-corrected chi connectivity index (χ2v) is 12.7. The first-order chi connectivity index (χ1) is 22.2. The molecule has 0 fully saturated rings. The van der Waals surface area contributed by atoms with Crippen LogP contribution in [0.3, 0.4) is 0 Å². The smallest absolute Gasteiger partial charge is 0.160 e. The lowest BCUT2D eigenvalue weighted by atomic mass is 9.55. The summed E-state index contributed by atoms with van der Waals surface area (Å²) in [6.07, 6.45) is 19.9. The van der Waals surface area contributed by atoms with Crippen molar-refractivity contribution in [3.05, 3.63) is 180 Å². The summed E-state index contributed by atoms with van der Waals surface area (Å²) >= 11 is 0. The number of benzene rings is 4. The molecule has 0 saturated heterocycles. The van der Waals surface area contributed by atoms with E-state index < -0.39 is 5.41 Å². The Labute approximate surface area is 266 Å². The highest BCUT2D eigenvalue weighted by Crippen LogP contribution is 2.63. The zero-order valence-corrected chi connectivity index (χ0v) is 25.7. The molecule has 8 rings (SSSR count). The maximum Gasteiger partial charge on any atom is 0.160 e. The van der Waals surface area contributed by atoms with Gasteiger partial charge in [-0.15, -0.1) is 0 Å². The van der Waals surface area contributed by atoms with E-state index in [-0.39, 0.29) is 5.41 Å². The lowest BCUT2D eigenvalue weighted by Crippen LogP contribution is -2.44. The van der Waals surface area contributed by atoms with Gasteiger partial charge in [0.2, 0.25) is 0 Å². The van der Waals surface area contributed by atoms with Gasteiger partial charge in [0.1, 0.15) is 0 Å². The normalized spacial score (nSPS) is 21.3. The average Bonchev–Trinajstić information content (AvgIpc) is 3.41. The molecule has 0 saturated carbocycles. The Morgan fingerprint density at radius 3 is 2.18 bits per heavy atom.